The number of benzene rings is 1. The smallest absolute Gasteiger partial charge is 0.245 e. The van der Waals surface area contributed by atoms with Gasteiger partial charge in [-0.25, -0.2) is 0 Å². The molecule has 1 aliphatic heterocycles. The number of primary amides is 3. The van der Waals surface area contributed by atoms with Crippen molar-refractivity contribution < 1.29 is 62.6 Å². The lowest BCUT2D eigenvalue weighted by Crippen LogP contribution is -2.61. The quantitative estimate of drug-likeness (QED) is 0.0696. The molecule has 1 fully saturated rings. The number of amides is 12. The standard InChI is InChI=1S/C41H62N12O13/c1-6-21(4)35-40(65)48-24(11-13-28(42)55)36(61)50-27(16-29(43)56)37(62)49-25(41(66)53(5)19-33(60)51-34(20(2)3)39(64)46-17-30(44)57)12-14-31(58)45-18-32(59)47-26(38(63)52-35)15-22-7-9-23(54)10-8-22/h7-10,20-21,24-27,34-35,54H,6,11-19H2,1-5H3,(H2,42,55)(H2,43,56)(H2,44,57)(H,45,58)(H,46,64)(H,47,59)(H,48,65)(H,49,62)(H,50,61)(H,51,60)(H,52,63)/t21?,24-,25-,26-,27-,34-,35?/m0/s1. The Bertz CT molecular complexity index is 1980. The third kappa shape index (κ3) is 18.8. The van der Waals surface area contributed by atoms with Gasteiger partial charge < -0.3 is 69.7 Å². The van der Waals surface area contributed by atoms with E-state index in [-0.39, 0.29) is 12.2 Å². The Labute approximate surface area is 380 Å². The van der Waals surface area contributed by atoms with Gasteiger partial charge in [0.25, 0.3) is 0 Å². The van der Waals surface area contributed by atoms with Gasteiger partial charge in [-0.3, -0.25) is 57.5 Å². The fourth-order valence-electron chi connectivity index (χ4n) is 6.45. The summed E-state index contributed by atoms with van der Waals surface area (Å²) < 4.78 is 0. The second-order valence-electron chi connectivity index (χ2n) is 16.2. The minimum atomic E-state index is -1.83. The maximum atomic E-state index is 14.0. The first-order valence-corrected chi connectivity index (χ1v) is 21.1. The lowest BCUT2D eigenvalue weighted by molar-refractivity contribution is -0.140. The first-order chi connectivity index (χ1) is 30.9. The van der Waals surface area contributed by atoms with Crippen LogP contribution in [0.4, 0.5) is 0 Å². The van der Waals surface area contributed by atoms with Gasteiger partial charge in [0.15, 0.2) is 0 Å². The second-order valence-corrected chi connectivity index (χ2v) is 16.2. The summed E-state index contributed by atoms with van der Waals surface area (Å²) >= 11 is 0. The molecule has 66 heavy (non-hydrogen) atoms. The maximum Gasteiger partial charge on any atom is 0.245 e. The minimum Gasteiger partial charge on any atom is -0.508 e. The van der Waals surface area contributed by atoms with Crippen LogP contribution in [0.2, 0.25) is 0 Å². The van der Waals surface area contributed by atoms with E-state index in [1.807, 2.05) is 0 Å². The normalized spacial score (nSPS) is 21.2. The summed E-state index contributed by atoms with van der Waals surface area (Å²) in [6, 6.07) is -3.29. The van der Waals surface area contributed by atoms with Crippen LogP contribution in [0.1, 0.15) is 71.8 Å². The van der Waals surface area contributed by atoms with Gasteiger partial charge in [0.1, 0.15) is 42.0 Å². The molecule has 25 nitrogen and oxygen atoms in total. The average molecular weight is 931 g/mol. The van der Waals surface area contributed by atoms with Crippen LogP contribution in [-0.4, -0.2) is 144 Å². The molecule has 1 aromatic carbocycles. The Morgan fingerprint density at radius 3 is 1.95 bits per heavy atom. The van der Waals surface area contributed by atoms with Gasteiger partial charge in [0.2, 0.25) is 70.9 Å². The molecule has 12 amide bonds. The molecule has 0 bridgehead atoms. The van der Waals surface area contributed by atoms with E-state index in [0.717, 1.165) is 4.90 Å². The third-order valence-corrected chi connectivity index (χ3v) is 10.4. The number of aromatic hydroxyl groups is 1. The molecule has 0 radical (unpaired) electrons. The van der Waals surface area contributed by atoms with Gasteiger partial charge in [-0.2, -0.15) is 0 Å². The summed E-state index contributed by atoms with van der Waals surface area (Å²) in [5.74, 6) is -12.3. The van der Waals surface area contributed by atoms with Crippen LogP contribution in [-0.2, 0) is 64.0 Å². The van der Waals surface area contributed by atoms with Crippen LogP contribution in [0, 0.1) is 11.8 Å². The SMILES string of the molecule is CCC(C)C1NC(=O)[C@H](Cc2ccc(O)cc2)NC(=O)CNC(=O)CC[C@@H](C(=O)N(C)CC(=O)N[C@H](C(=O)NCC(N)=O)C(C)C)NC(=O)[C@H](CC(N)=O)NC(=O)[C@H](CCC(N)=O)NC1=O. The Balaban J connectivity index is 2.59. The molecule has 0 spiro atoms. The van der Waals surface area contributed by atoms with E-state index < -0.39 is 171 Å². The molecule has 25 heteroatoms. The minimum absolute atomic E-state index is 0.0726. The lowest BCUT2D eigenvalue weighted by atomic mass is 9.96. The zero-order valence-corrected chi connectivity index (χ0v) is 37.5. The van der Waals surface area contributed by atoms with Crippen molar-refractivity contribution in [3.05, 3.63) is 29.8 Å². The number of carbonyl (C=O) groups is 12. The molecule has 1 aliphatic rings. The molecule has 0 saturated carbocycles. The average Bonchev–Trinajstić information content (AvgIpc) is 3.24. The van der Waals surface area contributed by atoms with E-state index in [4.69, 9.17) is 17.2 Å². The van der Waals surface area contributed by atoms with E-state index in [1.54, 1.807) is 27.7 Å². The molecule has 7 atom stereocenters. The van der Waals surface area contributed by atoms with E-state index in [9.17, 15) is 62.6 Å². The summed E-state index contributed by atoms with van der Waals surface area (Å²) in [6.45, 7) is 4.64. The zero-order chi connectivity index (χ0) is 49.8. The van der Waals surface area contributed by atoms with Crippen molar-refractivity contribution in [3.63, 3.8) is 0 Å². The molecular weight excluding hydrogens is 869 g/mol. The van der Waals surface area contributed by atoms with E-state index in [1.165, 1.54) is 31.3 Å². The molecule has 2 rings (SSSR count). The Hall–Kier alpha value is -7.34. The monoisotopic (exact) mass is 930 g/mol. The summed E-state index contributed by atoms with van der Waals surface area (Å²) in [4.78, 5) is 158. The number of rotatable bonds is 17. The Kier molecular flexibility index (Phi) is 22.0. The number of nitrogens with zero attached hydrogens (tertiary/aromatic N) is 1. The highest BCUT2D eigenvalue weighted by Gasteiger charge is 2.36. The largest absolute Gasteiger partial charge is 0.508 e. The predicted octanol–water partition coefficient (Wildman–Crippen LogP) is -5.34. The lowest BCUT2D eigenvalue weighted by Gasteiger charge is -2.29. The van der Waals surface area contributed by atoms with Gasteiger partial charge in [-0.1, -0.05) is 46.2 Å². The first kappa shape index (κ1) is 54.8. The van der Waals surface area contributed by atoms with Crippen LogP contribution in [0.25, 0.3) is 0 Å². The van der Waals surface area contributed by atoms with Gasteiger partial charge in [-0.15, -0.1) is 0 Å². The predicted molar refractivity (Wildman–Crippen MR) is 232 cm³/mol. The molecule has 15 N–H and O–H groups in total. The van der Waals surface area contributed by atoms with Crippen molar-refractivity contribution in [1.29, 1.82) is 0 Å². The Morgan fingerprint density at radius 2 is 1.38 bits per heavy atom. The van der Waals surface area contributed by atoms with Crippen LogP contribution in [0.15, 0.2) is 24.3 Å². The third-order valence-electron chi connectivity index (χ3n) is 10.4. The van der Waals surface area contributed by atoms with Crippen LogP contribution in [0.3, 0.4) is 0 Å². The van der Waals surface area contributed by atoms with Gasteiger partial charge >= 0.3 is 0 Å². The summed E-state index contributed by atoms with van der Waals surface area (Å²) in [5, 5.41) is 29.2. The molecule has 1 heterocycles. The Morgan fingerprint density at radius 1 is 0.773 bits per heavy atom. The van der Waals surface area contributed by atoms with Crippen molar-refractivity contribution in [2.24, 2.45) is 29.0 Å². The van der Waals surface area contributed by atoms with Crippen LogP contribution in [0.5, 0.6) is 5.75 Å². The fraction of sp³-hybridized carbons (Fsp3) is 0.561. The number of hydrogen-bond acceptors (Lipinski definition) is 13. The van der Waals surface area contributed by atoms with Gasteiger partial charge in [0.05, 0.1) is 26.1 Å². The van der Waals surface area contributed by atoms with Crippen molar-refractivity contribution in [2.75, 3.05) is 26.7 Å². The number of nitrogens with one attached hydrogen (secondary N) is 8. The molecule has 1 aromatic rings. The number of likely N-dealkylation sites (N-methyl/N-ethyl adjacent to an activating group) is 1. The molecule has 0 aromatic heterocycles. The van der Waals surface area contributed by atoms with E-state index in [2.05, 4.69) is 42.5 Å². The highest BCUT2D eigenvalue weighted by atomic mass is 16.3. The number of hydrogen-bond donors (Lipinski definition) is 12. The maximum absolute atomic E-state index is 14.0. The number of carbonyl (C=O) groups excluding carboxylic acids is 12. The summed E-state index contributed by atoms with van der Waals surface area (Å²) in [5.41, 5.74) is 16.4. The molecular formula is C41H62N12O13. The number of nitrogens with two attached hydrogens (primary N) is 3. The van der Waals surface area contributed by atoms with Crippen molar-refractivity contribution in [3.8, 4) is 5.75 Å². The van der Waals surface area contributed by atoms with Crippen LogP contribution < -0.4 is 59.7 Å². The summed E-state index contributed by atoms with van der Waals surface area (Å²) in [6.07, 6.45) is -2.61. The second kappa shape index (κ2) is 26.4. The van der Waals surface area contributed by atoms with Crippen molar-refractivity contribution in [2.45, 2.75) is 109 Å². The number of phenols is 1. The van der Waals surface area contributed by atoms with E-state index in [0.29, 0.717) is 12.0 Å². The molecule has 0 aliphatic carbocycles. The topological polar surface area (TPSA) is 403 Å². The first-order valence-electron chi connectivity index (χ1n) is 21.1. The highest BCUT2D eigenvalue weighted by Crippen LogP contribution is 2.14. The van der Waals surface area contributed by atoms with Crippen molar-refractivity contribution in [1.82, 2.24) is 47.4 Å². The van der Waals surface area contributed by atoms with Gasteiger partial charge in [-0.05, 0) is 42.4 Å². The fourth-order valence-corrected chi connectivity index (χ4v) is 6.45. The highest BCUT2D eigenvalue weighted by molar-refractivity contribution is 5.99. The van der Waals surface area contributed by atoms with E-state index >= 15 is 0 Å². The zero-order valence-electron chi connectivity index (χ0n) is 37.5. The molecule has 1 saturated heterocycles. The van der Waals surface area contributed by atoms with Crippen LogP contribution >= 0.6 is 0 Å². The molecule has 2 unspecified atom stereocenters. The summed E-state index contributed by atoms with van der Waals surface area (Å²) in [7, 11) is 1.17. The van der Waals surface area contributed by atoms with Gasteiger partial charge in [0, 0.05) is 26.3 Å². The van der Waals surface area contributed by atoms with Crippen molar-refractivity contribution >= 4 is 70.9 Å². The molecule has 364 valence electrons. The number of phenolic OH excluding ortho intramolecular Hbond substituents is 1.